The van der Waals surface area contributed by atoms with E-state index in [0.717, 1.165) is 30.5 Å². The second kappa shape index (κ2) is 8.23. The Hall–Kier alpha value is -2.54. The highest BCUT2D eigenvalue weighted by Crippen LogP contribution is 2.32. The molecule has 7 heteroatoms. The highest BCUT2D eigenvalue weighted by Gasteiger charge is 2.23. The van der Waals surface area contributed by atoms with E-state index in [4.69, 9.17) is 4.74 Å². The van der Waals surface area contributed by atoms with Crippen LogP contribution in [-0.2, 0) is 17.6 Å². The molecule has 1 heterocycles. The third-order valence-electron chi connectivity index (χ3n) is 4.48. The largest absolute Gasteiger partial charge is 0.497 e. The lowest BCUT2D eigenvalue weighted by Crippen LogP contribution is -2.44. The van der Waals surface area contributed by atoms with Gasteiger partial charge >= 0.3 is 0 Å². The number of carbonyl (C=O) groups is 2. The molecule has 0 fully saturated rings. The van der Waals surface area contributed by atoms with Gasteiger partial charge in [0, 0.05) is 22.0 Å². The molecule has 2 amide bonds. The average molecular weight is 373 g/mol. The first-order valence-corrected chi connectivity index (χ1v) is 9.51. The number of amides is 2. The molecule has 0 saturated carbocycles. The first kappa shape index (κ1) is 18.3. The average Bonchev–Trinajstić information content (AvgIpc) is 3.07. The lowest BCUT2D eigenvalue weighted by atomic mass is 9.88. The van der Waals surface area contributed by atoms with Crippen molar-refractivity contribution in [1.82, 2.24) is 10.9 Å². The number of thiophene rings is 1. The van der Waals surface area contributed by atoms with Crippen LogP contribution < -0.4 is 20.9 Å². The zero-order valence-corrected chi connectivity index (χ0v) is 15.7. The molecule has 3 rings (SSSR count). The molecular weight excluding hydrogens is 350 g/mol. The lowest BCUT2D eigenvalue weighted by molar-refractivity contribution is -0.120. The van der Waals surface area contributed by atoms with Crippen LogP contribution in [0.5, 0.6) is 5.75 Å². The molecule has 3 N–H and O–H groups in total. The van der Waals surface area contributed by atoms with Crippen LogP contribution in [0.1, 0.15) is 34.1 Å². The Labute approximate surface area is 156 Å². The van der Waals surface area contributed by atoms with Crippen LogP contribution in [-0.4, -0.2) is 25.5 Å². The Morgan fingerprint density at radius 1 is 1.31 bits per heavy atom. The number of nitrogens with one attached hydrogen (secondary N) is 3. The van der Waals surface area contributed by atoms with Crippen molar-refractivity contribution in [3.63, 3.8) is 0 Å². The van der Waals surface area contributed by atoms with Gasteiger partial charge in [-0.25, -0.2) is 0 Å². The van der Waals surface area contributed by atoms with Crippen LogP contribution in [0.15, 0.2) is 29.6 Å². The molecule has 26 heavy (non-hydrogen) atoms. The number of hydrazine groups is 1. The third-order valence-corrected chi connectivity index (χ3v) is 5.54. The number of benzene rings is 1. The molecule has 1 aromatic heterocycles. The fourth-order valence-corrected chi connectivity index (χ4v) is 4.27. The quantitative estimate of drug-likeness (QED) is 0.704. The minimum atomic E-state index is -0.320. The topological polar surface area (TPSA) is 79.5 Å². The Morgan fingerprint density at radius 2 is 2.15 bits per heavy atom. The maximum absolute atomic E-state index is 12.4. The van der Waals surface area contributed by atoms with Gasteiger partial charge in [0.05, 0.1) is 19.2 Å². The van der Waals surface area contributed by atoms with E-state index in [1.165, 1.54) is 4.88 Å². The first-order chi connectivity index (χ1) is 12.6. The number of methoxy groups -OCH3 is 1. The summed E-state index contributed by atoms with van der Waals surface area (Å²) >= 11 is 1.63. The van der Waals surface area contributed by atoms with Crippen molar-refractivity contribution in [3.05, 3.63) is 45.6 Å². The van der Waals surface area contributed by atoms with Crippen molar-refractivity contribution < 1.29 is 14.3 Å². The molecule has 1 atom stereocenters. The number of rotatable bonds is 5. The maximum atomic E-state index is 12.4. The SMILES string of the molecule is COc1cccc(NCC(=O)NNC(=O)c2csc3c2CC[C@@H](C)C3)c1. The zero-order chi connectivity index (χ0) is 18.5. The van der Waals surface area contributed by atoms with Crippen LogP contribution in [0, 0.1) is 5.92 Å². The van der Waals surface area contributed by atoms with E-state index in [-0.39, 0.29) is 18.4 Å². The van der Waals surface area contributed by atoms with Crippen molar-refractivity contribution in [2.75, 3.05) is 19.0 Å². The highest BCUT2D eigenvalue weighted by atomic mass is 32.1. The molecule has 0 saturated heterocycles. The summed E-state index contributed by atoms with van der Waals surface area (Å²) in [6.07, 6.45) is 3.05. The number of hydrogen-bond acceptors (Lipinski definition) is 5. The molecule has 1 aromatic carbocycles. The number of fused-ring (bicyclic) bond motifs is 1. The molecule has 2 aromatic rings. The predicted molar refractivity (Wildman–Crippen MR) is 103 cm³/mol. The van der Waals surface area contributed by atoms with E-state index < -0.39 is 0 Å². The summed E-state index contributed by atoms with van der Waals surface area (Å²) in [5.74, 6) is 0.797. The van der Waals surface area contributed by atoms with Gasteiger partial charge in [0.25, 0.3) is 11.8 Å². The summed E-state index contributed by atoms with van der Waals surface area (Å²) in [6, 6.07) is 7.30. The fraction of sp³-hybridized carbons (Fsp3) is 0.368. The van der Waals surface area contributed by atoms with E-state index in [1.807, 2.05) is 23.6 Å². The highest BCUT2D eigenvalue weighted by molar-refractivity contribution is 7.10. The van der Waals surface area contributed by atoms with Gasteiger partial charge in [-0.2, -0.15) is 0 Å². The van der Waals surface area contributed by atoms with E-state index >= 15 is 0 Å². The standard InChI is InChI=1S/C19H23N3O3S/c1-12-6-7-15-16(11-26-17(15)8-12)19(24)22-21-18(23)10-20-13-4-3-5-14(9-13)25-2/h3-5,9,11-12,20H,6-8,10H2,1-2H3,(H,21,23)(H,22,24)/t12-/m1/s1. The summed E-state index contributed by atoms with van der Waals surface area (Å²) in [5, 5.41) is 4.88. The number of carbonyl (C=O) groups excluding carboxylic acids is 2. The Bertz CT molecular complexity index is 803. The van der Waals surface area contributed by atoms with Crippen molar-refractivity contribution >= 4 is 28.8 Å². The van der Waals surface area contributed by atoms with Crippen molar-refractivity contribution in [1.29, 1.82) is 0 Å². The molecule has 1 aliphatic carbocycles. The van der Waals surface area contributed by atoms with Gasteiger partial charge in [-0.05, 0) is 42.9 Å². The molecule has 0 spiro atoms. The fourth-order valence-electron chi connectivity index (χ4n) is 3.02. The Kier molecular flexibility index (Phi) is 5.78. The number of hydrogen-bond donors (Lipinski definition) is 3. The van der Waals surface area contributed by atoms with Crippen molar-refractivity contribution in [3.8, 4) is 5.75 Å². The van der Waals surface area contributed by atoms with Gasteiger partial charge in [-0.15, -0.1) is 11.3 Å². The third kappa shape index (κ3) is 4.35. The molecule has 6 nitrogen and oxygen atoms in total. The molecule has 0 radical (unpaired) electrons. The summed E-state index contributed by atoms with van der Waals surface area (Å²) in [4.78, 5) is 25.6. The van der Waals surface area contributed by atoms with Crippen LogP contribution in [0.25, 0.3) is 0 Å². The summed E-state index contributed by atoms with van der Waals surface area (Å²) < 4.78 is 5.14. The van der Waals surface area contributed by atoms with E-state index in [0.29, 0.717) is 17.2 Å². The van der Waals surface area contributed by atoms with Gasteiger partial charge in [0.15, 0.2) is 0 Å². The monoisotopic (exact) mass is 373 g/mol. The van der Waals surface area contributed by atoms with Crippen LogP contribution in [0.2, 0.25) is 0 Å². The van der Waals surface area contributed by atoms with Crippen LogP contribution in [0.3, 0.4) is 0 Å². The van der Waals surface area contributed by atoms with E-state index in [9.17, 15) is 9.59 Å². The number of anilines is 1. The van der Waals surface area contributed by atoms with Gasteiger partial charge in [-0.1, -0.05) is 13.0 Å². The Morgan fingerprint density at radius 3 is 2.96 bits per heavy atom. The van der Waals surface area contributed by atoms with E-state index in [2.05, 4.69) is 23.1 Å². The molecule has 1 aliphatic rings. The smallest absolute Gasteiger partial charge is 0.270 e. The lowest BCUT2D eigenvalue weighted by Gasteiger charge is -2.18. The van der Waals surface area contributed by atoms with Crippen LogP contribution >= 0.6 is 11.3 Å². The molecule has 0 bridgehead atoms. The zero-order valence-electron chi connectivity index (χ0n) is 14.9. The van der Waals surface area contributed by atoms with Gasteiger partial charge < -0.3 is 10.1 Å². The van der Waals surface area contributed by atoms with Gasteiger partial charge in [0.1, 0.15) is 5.75 Å². The molecule has 138 valence electrons. The summed E-state index contributed by atoms with van der Waals surface area (Å²) in [5.41, 5.74) is 7.55. The Balaban J connectivity index is 1.49. The maximum Gasteiger partial charge on any atom is 0.270 e. The first-order valence-electron chi connectivity index (χ1n) is 8.63. The minimum absolute atomic E-state index is 0.0483. The van der Waals surface area contributed by atoms with Gasteiger partial charge in [-0.3, -0.25) is 20.4 Å². The van der Waals surface area contributed by atoms with Crippen LogP contribution in [0.4, 0.5) is 5.69 Å². The molecule has 0 aliphatic heterocycles. The predicted octanol–water partition coefficient (Wildman–Crippen LogP) is 2.75. The molecular formula is C19H23N3O3S. The van der Waals surface area contributed by atoms with Crippen molar-refractivity contribution in [2.45, 2.75) is 26.2 Å². The second-order valence-electron chi connectivity index (χ2n) is 6.49. The molecule has 0 unspecified atom stereocenters. The van der Waals surface area contributed by atoms with Gasteiger partial charge in [0.2, 0.25) is 0 Å². The summed E-state index contributed by atoms with van der Waals surface area (Å²) in [6.45, 7) is 2.28. The minimum Gasteiger partial charge on any atom is -0.497 e. The second-order valence-corrected chi connectivity index (χ2v) is 7.45. The number of ether oxygens (including phenoxy) is 1. The van der Waals surface area contributed by atoms with E-state index in [1.54, 1.807) is 24.5 Å². The van der Waals surface area contributed by atoms with Crippen molar-refractivity contribution in [2.24, 2.45) is 5.92 Å². The normalized spacial score (nSPS) is 15.7. The summed E-state index contributed by atoms with van der Waals surface area (Å²) in [7, 11) is 1.59.